The van der Waals surface area contributed by atoms with Gasteiger partial charge in [-0.1, -0.05) is 17.3 Å². The van der Waals surface area contributed by atoms with Gasteiger partial charge in [-0.2, -0.15) is 0 Å². The molecule has 12 nitrogen and oxygen atoms in total. The number of hydrogen-bond acceptors (Lipinski definition) is 11. The van der Waals surface area contributed by atoms with Crippen LogP contribution in [0, 0.1) is 17.5 Å². The van der Waals surface area contributed by atoms with E-state index in [4.69, 9.17) is 23.8 Å². The zero-order chi connectivity index (χ0) is 33.3. The summed E-state index contributed by atoms with van der Waals surface area (Å²) in [6.45, 7) is 2.34. The number of benzene rings is 2. The minimum Gasteiger partial charge on any atom is -0.459 e. The van der Waals surface area contributed by atoms with Crippen molar-refractivity contribution in [2.75, 3.05) is 6.79 Å². The van der Waals surface area contributed by atoms with Crippen LogP contribution >= 0.6 is 0 Å². The molecule has 2 saturated heterocycles. The van der Waals surface area contributed by atoms with Gasteiger partial charge in [-0.05, 0) is 55.3 Å². The van der Waals surface area contributed by atoms with Crippen LogP contribution in [-0.4, -0.2) is 100 Å². The number of carbonyl (C=O) groups is 1. The van der Waals surface area contributed by atoms with E-state index in [9.17, 15) is 42.8 Å². The molecule has 0 radical (unpaired) electrons. The number of alkyl halides is 1. The average Bonchev–Trinajstić information content (AvgIpc) is 3.62. The molecule has 3 aliphatic rings. The highest BCUT2D eigenvalue weighted by Crippen LogP contribution is 2.31. The second-order valence-electron chi connectivity index (χ2n) is 11.1. The SMILES string of the molecule is C/C(=C\c1ccc(O[C@@H]2O[C@H](/C(C)=N/OCc3ccc(F)c(F)c3)[C@@H](O)[C@H]2F)c(F)c1)C(=O)N[C@@H]1[C@H](O)[C@@H](O)[C@H]2OCO[C@H]2[C@@H]1O. The zero-order valence-electron chi connectivity index (χ0n) is 24.4. The Bertz CT molecular complexity index is 1500. The van der Waals surface area contributed by atoms with Crippen LogP contribution < -0.4 is 10.1 Å². The Morgan fingerprint density at radius 3 is 2.37 bits per heavy atom. The summed E-state index contributed by atoms with van der Waals surface area (Å²) in [5, 5.41) is 47.8. The lowest BCUT2D eigenvalue weighted by Crippen LogP contribution is -2.67. The Kier molecular flexibility index (Phi) is 10.3. The predicted molar refractivity (Wildman–Crippen MR) is 149 cm³/mol. The third-order valence-corrected chi connectivity index (χ3v) is 7.85. The first-order valence-corrected chi connectivity index (χ1v) is 14.2. The van der Waals surface area contributed by atoms with Gasteiger partial charge in [0, 0.05) is 5.57 Å². The second kappa shape index (κ2) is 14.0. The van der Waals surface area contributed by atoms with Crippen molar-refractivity contribution in [2.24, 2.45) is 5.16 Å². The van der Waals surface area contributed by atoms with Crippen molar-refractivity contribution in [3.8, 4) is 5.75 Å². The molecule has 3 fully saturated rings. The molecule has 1 saturated carbocycles. The van der Waals surface area contributed by atoms with Gasteiger partial charge in [0.15, 0.2) is 29.4 Å². The van der Waals surface area contributed by atoms with E-state index in [0.29, 0.717) is 0 Å². The number of carbonyl (C=O) groups excluding carboxylic acids is 1. The van der Waals surface area contributed by atoms with Gasteiger partial charge >= 0.3 is 0 Å². The number of aliphatic hydroxyl groups excluding tert-OH is 4. The molecule has 2 aliphatic heterocycles. The fourth-order valence-electron chi connectivity index (χ4n) is 5.32. The van der Waals surface area contributed by atoms with Crippen molar-refractivity contribution in [2.45, 2.75) is 81.7 Å². The minimum atomic E-state index is -2.10. The molecule has 1 amide bonds. The molecule has 10 atom stereocenters. The first-order valence-electron chi connectivity index (χ1n) is 14.2. The van der Waals surface area contributed by atoms with Gasteiger partial charge in [0.1, 0.15) is 56.1 Å². The lowest BCUT2D eigenvalue weighted by molar-refractivity contribution is -0.155. The van der Waals surface area contributed by atoms with Crippen LogP contribution in [0.3, 0.4) is 0 Å². The van der Waals surface area contributed by atoms with Crippen LogP contribution in [-0.2, 0) is 30.4 Å². The minimum absolute atomic E-state index is 0.00485. The molecule has 46 heavy (non-hydrogen) atoms. The lowest BCUT2D eigenvalue weighted by Gasteiger charge is -2.41. The maximum atomic E-state index is 15.0. The van der Waals surface area contributed by atoms with E-state index in [1.165, 1.54) is 32.1 Å². The van der Waals surface area contributed by atoms with Crippen LogP contribution in [0.2, 0.25) is 0 Å². The van der Waals surface area contributed by atoms with Crippen molar-refractivity contribution < 1.29 is 66.6 Å². The van der Waals surface area contributed by atoms with Gasteiger partial charge < -0.3 is 49.5 Å². The van der Waals surface area contributed by atoms with E-state index in [1.807, 2.05) is 0 Å². The number of nitrogens with zero attached hydrogens (tertiary/aromatic N) is 1. The predicted octanol–water partition coefficient (Wildman–Crippen LogP) is 1.23. The fourth-order valence-corrected chi connectivity index (χ4v) is 5.32. The van der Waals surface area contributed by atoms with Crippen LogP contribution in [0.15, 0.2) is 47.1 Å². The molecule has 0 aromatic heterocycles. The number of hydrogen-bond donors (Lipinski definition) is 5. The summed E-state index contributed by atoms with van der Waals surface area (Å²) < 4.78 is 77.4. The molecule has 16 heteroatoms. The molecule has 0 bridgehead atoms. The summed E-state index contributed by atoms with van der Waals surface area (Å²) >= 11 is 0. The smallest absolute Gasteiger partial charge is 0.247 e. The average molecular weight is 657 g/mol. The van der Waals surface area contributed by atoms with Crippen molar-refractivity contribution in [1.29, 1.82) is 0 Å². The summed E-state index contributed by atoms with van der Waals surface area (Å²) in [6.07, 6.45) is -11.8. The second-order valence-corrected chi connectivity index (χ2v) is 11.1. The van der Waals surface area contributed by atoms with Crippen LogP contribution in [0.25, 0.3) is 6.08 Å². The first-order chi connectivity index (χ1) is 21.8. The molecule has 2 aromatic rings. The number of oxime groups is 1. The number of ether oxygens (including phenoxy) is 4. The quantitative estimate of drug-likeness (QED) is 0.115. The maximum Gasteiger partial charge on any atom is 0.247 e. The highest BCUT2D eigenvalue weighted by Gasteiger charge is 2.53. The fraction of sp³-hybridized carbons (Fsp3) is 0.467. The normalized spacial score (nSPS) is 33.1. The van der Waals surface area contributed by atoms with Gasteiger partial charge in [0.2, 0.25) is 12.2 Å². The van der Waals surface area contributed by atoms with E-state index in [2.05, 4.69) is 10.5 Å². The van der Waals surface area contributed by atoms with Crippen molar-refractivity contribution in [1.82, 2.24) is 5.32 Å². The Labute approximate surface area is 259 Å². The lowest BCUT2D eigenvalue weighted by atomic mass is 9.83. The highest BCUT2D eigenvalue weighted by molar-refractivity contribution is 5.97. The standard InChI is InChI=1S/C30H32F4N2O10/c1-12(29(41)35-21-23(38)25(40)28-27(24(21)39)42-11-43-28)7-14-4-6-19(18(33)8-14)45-30-20(34)22(37)26(46-30)13(2)36-44-10-15-3-5-16(31)17(32)9-15/h3-9,20-28,30,37-40H,10-11H2,1-2H3,(H,35,41)/b12-7+,36-13+/t20-,21-,22+,23+,24-,25-,26-,27+,28-,30-/m1/s1. The van der Waals surface area contributed by atoms with Gasteiger partial charge in [-0.25, -0.2) is 17.6 Å². The molecular formula is C30H32F4N2O10. The largest absolute Gasteiger partial charge is 0.459 e. The van der Waals surface area contributed by atoms with E-state index >= 15 is 0 Å². The van der Waals surface area contributed by atoms with Crippen LogP contribution in [0.5, 0.6) is 5.75 Å². The number of fused-ring (bicyclic) bond motifs is 1. The Morgan fingerprint density at radius 1 is 0.957 bits per heavy atom. The first kappa shape index (κ1) is 33.7. The molecule has 5 rings (SSSR count). The monoisotopic (exact) mass is 656 g/mol. The van der Waals surface area contributed by atoms with Gasteiger partial charge in [-0.3, -0.25) is 4.79 Å². The molecule has 5 N–H and O–H groups in total. The van der Waals surface area contributed by atoms with E-state index in [-0.39, 0.29) is 35.8 Å². The van der Waals surface area contributed by atoms with Crippen LogP contribution in [0.4, 0.5) is 17.6 Å². The van der Waals surface area contributed by atoms with Crippen molar-refractivity contribution in [3.63, 3.8) is 0 Å². The summed E-state index contributed by atoms with van der Waals surface area (Å²) in [4.78, 5) is 17.9. The van der Waals surface area contributed by atoms with Gasteiger partial charge in [0.25, 0.3) is 0 Å². The Hall–Kier alpha value is -3.64. The molecule has 0 unspecified atom stereocenters. The van der Waals surface area contributed by atoms with Gasteiger partial charge in [0.05, 0.1) is 11.8 Å². The number of rotatable bonds is 9. The van der Waals surface area contributed by atoms with Crippen molar-refractivity contribution in [3.05, 3.63) is 70.5 Å². The molecule has 2 aromatic carbocycles. The maximum absolute atomic E-state index is 15.0. The van der Waals surface area contributed by atoms with E-state index < -0.39 is 90.3 Å². The summed E-state index contributed by atoms with van der Waals surface area (Å²) in [5.74, 6) is -4.18. The number of nitrogens with one attached hydrogen (secondary N) is 1. The molecular weight excluding hydrogens is 624 g/mol. The summed E-state index contributed by atoms with van der Waals surface area (Å²) in [7, 11) is 0. The highest BCUT2D eigenvalue weighted by atomic mass is 19.2. The Balaban J connectivity index is 1.18. The third kappa shape index (κ3) is 7.02. The van der Waals surface area contributed by atoms with E-state index in [0.717, 1.165) is 24.3 Å². The molecule has 250 valence electrons. The Morgan fingerprint density at radius 2 is 1.67 bits per heavy atom. The number of halogens is 4. The van der Waals surface area contributed by atoms with Crippen molar-refractivity contribution >= 4 is 17.7 Å². The number of amides is 1. The number of aliphatic hydroxyl groups is 4. The third-order valence-electron chi connectivity index (χ3n) is 7.85. The van der Waals surface area contributed by atoms with Gasteiger partial charge in [-0.15, -0.1) is 0 Å². The zero-order valence-corrected chi connectivity index (χ0v) is 24.4. The molecule has 1 aliphatic carbocycles. The van der Waals surface area contributed by atoms with Crippen LogP contribution in [0.1, 0.15) is 25.0 Å². The van der Waals surface area contributed by atoms with E-state index in [1.54, 1.807) is 0 Å². The topological polar surface area (TPSA) is 169 Å². The summed E-state index contributed by atoms with van der Waals surface area (Å²) in [6, 6.07) is 5.38. The molecule has 0 spiro atoms. The molecule has 2 heterocycles. The summed E-state index contributed by atoms with van der Waals surface area (Å²) in [5.41, 5.74) is 0.540.